The molecule has 0 aliphatic rings. The van der Waals surface area contributed by atoms with Crippen LogP contribution in [0.2, 0.25) is 0 Å². The first kappa shape index (κ1) is 20.7. The molecule has 0 fully saturated rings. The van der Waals surface area contributed by atoms with Crippen LogP contribution in [0.15, 0.2) is 78.9 Å². The number of aromatic carboxylic acids is 1. The fourth-order valence-corrected chi connectivity index (χ4v) is 3.66. The van der Waals surface area contributed by atoms with Crippen molar-refractivity contribution in [1.29, 1.82) is 0 Å². The molecule has 4 aromatic rings. The number of carboxylic acid groups (broad SMARTS) is 1. The second-order valence-corrected chi connectivity index (χ2v) is 7.53. The minimum Gasteiger partial charge on any atom is -0.478 e. The van der Waals surface area contributed by atoms with E-state index < -0.39 is 18.5 Å². The Morgan fingerprint density at radius 1 is 0.806 bits per heavy atom. The molecule has 31 heavy (non-hydrogen) atoms. The van der Waals surface area contributed by atoms with Gasteiger partial charge in [-0.15, -0.1) is 0 Å². The molecule has 0 spiro atoms. The van der Waals surface area contributed by atoms with Crippen LogP contribution in [0, 0.1) is 6.92 Å². The average Bonchev–Trinajstić information content (AvgIpc) is 2.78. The van der Waals surface area contributed by atoms with Gasteiger partial charge in [0, 0.05) is 0 Å². The molecule has 4 aromatic carbocycles. The van der Waals surface area contributed by atoms with Crippen LogP contribution in [0.5, 0.6) is 0 Å². The maximum absolute atomic E-state index is 12.8. The predicted molar refractivity (Wildman–Crippen MR) is 117 cm³/mol. The van der Waals surface area contributed by atoms with Crippen LogP contribution in [0.4, 0.5) is 8.78 Å². The van der Waals surface area contributed by atoms with Crippen molar-refractivity contribution < 1.29 is 23.8 Å². The predicted octanol–water partition coefficient (Wildman–Crippen LogP) is 6.48. The van der Waals surface area contributed by atoms with Gasteiger partial charge >= 0.3 is 5.97 Å². The van der Waals surface area contributed by atoms with Gasteiger partial charge in [0.25, 0.3) is 6.43 Å². The van der Waals surface area contributed by atoms with Crippen LogP contribution < -0.4 is 0 Å². The summed E-state index contributed by atoms with van der Waals surface area (Å²) >= 11 is 0. The highest BCUT2D eigenvalue weighted by Gasteiger charge is 2.19. The van der Waals surface area contributed by atoms with Gasteiger partial charge < -0.3 is 10.2 Å². The Balaban J connectivity index is 1.84. The lowest BCUT2D eigenvalue weighted by Crippen LogP contribution is -2.07. The zero-order valence-corrected chi connectivity index (χ0v) is 16.7. The lowest BCUT2D eigenvalue weighted by Gasteiger charge is -2.13. The Labute approximate surface area is 178 Å². The van der Waals surface area contributed by atoms with Crippen molar-refractivity contribution in [3.8, 4) is 22.3 Å². The first-order valence-electron chi connectivity index (χ1n) is 9.78. The van der Waals surface area contributed by atoms with Gasteiger partial charge in [0.15, 0.2) is 0 Å². The fourth-order valence-electron chi connectivity index (χ4n) is 3.66. The standard InChI is InChI=1S/C26H20F2O3/c1-15-2-4-16(5-3-15)19-10-11-22-20(12-19)13-21(26(30)31)14-23(22)17-6-8-18(9-7-17)24(29)25(27)28/h2-14,24-25,29H,1H3,(H,30,31)/t24-/m1/s1. The summed E-state index contributed by atoms with van der Waals surface area (Å²) in [5.41, 5.74) is 4.76. The Morgan fingerprint density at radius 3 is 2.03 bits per heavy atom. The summed E-state index contributed by atoms with van der Waals surface area (Å²) in [4.78, 5) is 11.7. The maximum atomic E-state index is 12.8. The van der Waals surface area contributed by atoms with Gasteiger partial charge in [0.2, 0.25) is 0 Å². The molecule has 0 bridgehead atoms. The number of hydrogen-bond donors (Lipinski definition) is 2. The summed E-state index contributed by atoms with van der Waals surface area (Å²) in [5, 5.41) is 20.8. The molecule has 0 heterocycles. The van der Waals surface area contributed by atoms with Crippen molar-refractivity contribution in [3.05, 3.63) is 95.6 Å². The smallest absolute Gasteiger partial charge is 0.335 e. The van der Waals surface area contributed by atoms with E-state index >= 15 is 0 Å². The normalized spacial score (nSPS) is 12.3. The number of benzene rings is 4. The molecule has 0 saturated carbocycles. The number of aliphatic hydroxyl groups excluding tert-OH is 1. The number of fused-ring (bicyclic) bond motifs is 1. The molecule has 0 aliphatic heterocycles. The first-order chi connectivity index (χ1) is 14.8. The molecular weight excluding hydrogens is 398 g/mol. The highest BCUT2D eigenvalue weighted by Crippen LogP contribution is 2.34. The number of alkyl halides is 2. The SMILES string of the molecule is Cc1ccc(-c2ccc3c(-c4ccc([C@@H](O)C(F)F)cc4)cc(C(=O)O)cc3c2)cc1. The van der Waals surface area contributed by atoms with Gasteiger partial charge in [-0.1, -0.05) is 66.2 Å². The molecule has 0 aromatic heterocycles. The number of aryl methyl sites for hydroxylation is 1. The molecular formula is C26H20F2O3. The molecule has 0 radical (unpaired) electrons. The molecule has 0 aliphatic carbocycles. The second kappa shape index (κ2) is 8.28. The molecule has 0 amide bonds. The van der Waals surface area contributed by atoms with Crippen LogP contribution in [0.3, 0.4) is 0 Å². The molecule has 3 nitrogen and oxygen atoms in total. The van der Waals surface area contributed by atoms with E-state index in [-0.39, 0.29) is 11.1 Å². The summed E-state index contributed by atoms with van der Waals surface area (Å²) in [6, 6.07) is 23.3. The number of halogens is 2. The van der Waals surface area contributed by atoms with Gasteiger partial charge in [-0.2, -0.15) is 0 Å². The van der Waals surface area contributed by atoms with Crippen LogP contribution in [0.25, 0.3) is 33.0 Å². The van der Waals surface area contributed by atoms with E-state index in [2.05, 4.69) is 0 Å². The van der Waals surface area contributed by atoms with Gasteiger partial charge in [-0.05, 0) is 63.7 Å². The summed E-state index contributed by atoms with van der Waals surface area (Å²) in [7, 11) is 0. The Hall–Kier alpha value is -3.57. The minimum absolute atomic E-state index is 0.110. The summed E-state index contributed by atoms with van der Waals surface area (Å²) in [5.74, 6) is -1.05. The molecule has 4 rings (SSSR count). The van der Waals surface area contributed by atoms with Crippen molar-refractivity contribution in [2.45, 2.75) is 19.5 Å². The third-order valence-electron chi connectivity index (χ3n) is 5.39. The topological polar surface area (TPSA) is 57.5 Å². The van der Waals surface area contributed by atoms with Gasteiger partial charge in [-0.25, -0.2) is 13.6 Å². The zero-order valence-electron chi connectivity index (χ0n) is 16.7. The van der Waals surface area contributed by atoms with E-state index in [4.69, 9.17) is 0 Å². The Kier molecular flexibility index (Phi) is 5.53. The highest BCUT2D eigenvalue weighted by molar-refractivity contribution is 6.04. The van der Waals surface area contributed by atoms with Crippen molar-refractivity contribution in [3.63, 3.8) is 0 Å². The lowest BCUT2D eigenvalue weighted by molar-refractivity contribution is -0.00577. The lowest BCUT2D eigenvalue weighted by atomic mass is 9.92. The number of rotatable bonds is 5. The van der Waals surface area contributed by atoms with Crippen molar-refractivity contribution in [1.82, 2.24) is 0 Å². The average molecular weight is 418 g/mol. The minimum atomic E-state index is -2.87. The van der Waals surface area contributed by atoms with Crippen LogP contribution >= 0.6 is 0 Å². The monoisotopic (exact) mass is 418 g/mol. The van der Waals surface area contributed by atoms with Crippen molar-refractivity contribution >= 4 is 16.7 Å². The molecule has 1 atom stereocenters. The summed E-state index contributed by atoms with van der Waals surface area (Å²) < 4.78 is 25.5. The molecule has 0 unspecified atom stereocenters. The molecule has 156 valence electrons. The van der Waals surface area contributed by atoms with E-state index in [9.17, 15) is 23.8 Å². The zero-order chi connectivity index (χ0) is 22.1. The van der Waals surface area contributed by atoms with Crippen molar-refractivity contribution in [2.24, 2.45) is 0 Å². The number of hydrogen-bond acceptors (Lipinski definition) is 2. The van der Waals surface area contributed by atoms with Crippen LogP contribution in [-0.2, 0) is 0 Å². The number of carbonyl (C=O) groups is 1. The van der Waals surface area contributed by atoms with E-state index in [0.717, 1.165) is 27.5 Å². The van der Waals surface area contributed by atoms with E-state index in [1.807, 2.05) is 49.4 Å². The summed E-state index contributed by atoms with van der Waals surface area (Å²) in [6.45, 7) is 2.02. The highest BCUT2D eigenvalue weighted by atomic mass is 19.3. The van der Waals surface area contributed by atoms with E-state index in [1.165, 1.54) is 12.1 Å². The second-order valence-electron chi connectivity index (χ2n) is 7.53. The number of carboxylic acids is 1. The van der Waals surface area contributed by atoms with Crippen LogP contribution in [-0.4, -0.2) is 22.6 Å². The largest absolute Gasteiger partial charge is 0.478 e. The maximum Gasteiger partial charge on any atom is 0.335 e. The van der Waals surface area contributed by atoms with Crippen LogP contribution in [0.1, 0.15) is 27.6 Å². The third-order valence-corrected chi connectivity index (χ3v) is 5.39. The number of aliphatic hydroxyl groups is 1. The van der Waals surface area contributed by atoms with Gasteiger partial charge in [-0.3, -0.25) is 0 Å². The van der Waals surface area contributed by atoms with E-state index in [0.29, 0.717) is 11.1 Å². The molecule has 2 N–H and O–H groups in total. The third kappa shape index (κ3) is 4.18. The first-order valence-corrected chi connectivity index (χ1v) is 9.78. The fraction of sp³-hybridized carbons (Fsp3) is 0.115. The summed E-state index contributed by atoms with van der Waals surface area (Å²) in [6.07, 6.45) is -4.73. The Bertz CT molecular complexity index is 1250. The van der Waals surface area contributed by atoms with Gasteiger partial charge in [0.1, 0.15) is 6.10 Å². The quantitative estimate of drug-likeness (QED) is 0.390. The van der Waals surface area contributed by atoms with Crippen molar-refractivity contribution in [2.75, 3.05) is 0 Å². The van der Waals surface area contributed by atoms with Gasteiger partial charge in [0.05, 0.1) is 5.56 Å². The van der Waals surface area contributed by atoms with E-state index in [1.54, 1.807) is 24.3 Å². The molecule has 0 saturated heterocycles. The Morgan fingerprint density at radius 2 is 1.42 bits per heavy atom. The molecule has 5 heteroatoms.